The first kappa shape index (κ1) is 72.3. The van der Waals surface area contributed by atoms with Crippen LogP contribution in [0.25, 0.3) is 0 Å². The third-order valence-electron chi connectivity index (χ3n) is 12.8. The zero-order chi connectivity index (χ0) is 55.7. The highest BCUT2D eigenvalue weighted by molar-refractivity contribution is 5.71. The molecule has 0 amide bonds. The molecule has 434 valence electrons. The van der Waals surface area contributed by atoms with Crippen LogP contribution >= 0.6 is 0 Å². The number of allylic oxidation sites excluding steroid dienone is 24. The van der Waals surface area contributed by atoms with E-state index >= 15 is 0 Å². The molecule has 77 heavy (non-hydrogen) atoms. The van der Waals surface area contributed by atoms with E-state index in [1.165, 1.54) is 57.8 Å². The Hall–Kier alpha value is -4.71. The fourth-order valence-corrected chi connectivity index (χ4v) is 8.18. The minimum absolute atomic E-state index is 0.0975. The smallest absolute Gasteiger partial charge is 0.306 e. The molecule has 0 N–H and O–H groups in total. The molecule has 0 aromatic heterocycles. The van der Waals surface area contributed by atoms with Crippen LogP contribution < -0.4 is 0 Å². The lowest BCUT2D eigenvalue weighted by atomic mass is 10.1. The lowest BCUT2D eigenvalue weighted by molar-refractivity contribution is -0.167. The van der Waals surface area contributed by atoms with Gasteiger partial charge in [-0.25, -0.2) is 0 Å². The van der Waals surface area contributed by atoms with Gasteiger partial charge in [0.25, 0.3) is 0 Å². The quantitative estimate of drug-likeness (QED) is 0.0261. The minimum atomic E-state index is -0.801. The van der Waals surface area contributed by atoms with Crippen molar-refractivity contribution in [1.29, 1.82) is 0 Å². The van der Waals surface area contributed by atoms with Crippen LogP contribution in [0.5, 0.6) is 0 Å². The number of rotatable bonds is 55. The van der Waals surface area contributed by atoms with Crippen LogP contribution in [0, 0.1) is 0 Å². The van der Waals surface area contributed by atoms with Crippen LogP contribution in [0.15, 0.2) is 146 Å². The summed E-state index contributed by atoms with van der Waals surface area (Å²) >= 11 is 0. The highest BCUT2D eigenvalue weighted by atomic mass is 16.6. The van der Waals surface area contributed by atoms with Gasteiger partial charge in [-0.1, -0.05) is 256 Å². The van der Waals surface area contributed by atoms with Crippen molar-refractivity contribution in [3.05, 3.63) is 146 Å². The molecule has 0 aromatic rings. The molecular formula is C71H114O6. The van der Waals surface area contributed by atoms with Gasteiger partial charge in [-0.15, -0.1) is 0 Å². The zero-order valence-electron chi connectivity index (χ0n) is 49.7. The van der Waals surface area contributed by atoms with E-state index in [4.69, 9.17) is 14.2 Å². The molecule has 0 spiro atoms. The van der Waals surface area contributed by atoms with Crippen molar-refractivity contribution in [2.45, 2.75) is 271 Å². The van der Waals surface area contributed by atoms with E-state index in [0.717, 1.165) is 167 Å². The Morgan fingerprint density at radius 1 is 0.273 bits per heavy atom. The fourth-order valence-electron chi connectivity index (χ4n) is 8.18. The second kappa shape index (κ2) is 63.8. The first-order valence-corrected chi connectivity index (χ1v) is 31.3. The third kappa shape index (κ3) is 62.0. The Morgan fingerprint density at radius 3 is 0.792 bits per heavy atom. The zero-order valence-corrected chi connectivity index (χ0v) is 49.7. The van der Waals surface area contributed by atoms with Gasteiger partial charge in [0.2, 0.25) is 0 Å². The maximum atomic E-state index is 12.9. The van der Waals surface area contributed by atoms with Crippen LogP contribution in [0.2, 0.25) is 0 Å². The summed E-state index contributed by atoms with van der Waals surface area (Å²) in [5.74, 6) is -0.934. The highest BCUT2D eigenvalue weighted by Gasteiger charge is 2.19. The number of carbonyl (C=O) groups excluding carboxylic acids is 3. The van der Waals surface area contributed by atoms with Crippen molar-refractivity contribution in [3.8, 4) is 0 Å². The predicted octanol–water partition coefficient (Wildman–Crippen LogP) is 21.5. The number of carbonyl (C=O) groups is 3. The number of unbranched alkanes of at least 4 members (excludes halogenated alkanes) is 20. The molecule has 0 aliphatic rings. The first-order chi connectivity index (χ1) is 38.0. The van der Waals surface area contributed by atoms with Crippen LogP contribution in [-0.2, 0) is 28.6 Å². The second-order valence-electron chi connectivity index (χ2n) is 20.2. The molecular weight excluding hydrogens is 949 g/mol. The summed E-state index contributed by atoms with van der Waals surface area (Å²) in [5.41, 5.74) is 0. The summed E-state index contributed by atoms with van der Waals surface area (Å²) in [5, 5.41) is 0. The summed E-state index contributed by atoms with van der Waals surface area (Å²) in [7, 11) is 0. The Kier molecular flexibility index (Phi) is 59.9. The number of ether oxygens (including phenoxy) is 3. The van der Waals surface area contributed by atoms with Gasteiger partial charge in [0.1, 0.15) is 13.2 Å². The van der Waals surface area contributed by atoms with E-state index in [-0.39, 0.29) is 31.1 Å². The molecule has 0 rings (SSSR count). The number of hydrogen-bond donors (Lipinski definition) is 0. The summed E-state index contributed by atoms with van der Waals surface area (Å²) in [6.07, 6.45) is 91.3. The highest BCUT2D eigenvalue weighted by Crippen LogP contribution is 2.14. The maximum absolute atomic E-state index is 12.9. The lowest BCUT2D eigenvalue weighted by Gasteiger charge is -2.18. The molecule has 1 atom stereocenters. The molecule has 0 radical (unpaired) electrons. The summed E-state index contributed by atoms with van der Waals surface area (Å²) in [6, 6.07) is 0. The van der Waals surface area contributed by atoms with E-state index in [2.05, 4.69) is 167 Å². The molecule has 0 saturated carbocycles. The minimum Gasteiger partial charge on any atom is -0.462 e. The monoisotopic (exact) mass is 1060 g/mol. The van der Waals surface area contributed by atoms with Crippen molar-refractivity contribution in [1.82, 2.24) is 0 Å². The van der Waals surface area contributed by atoms with E-state index < -0.39 is 6.10 Å². The second-order valence-corrected chi connectivity index (χ2v) is 20.2. The molecule has 0 aliphatic heterocycles. The SMILES string of the molecule is CC/C=C\C/C=C\C/C=C\C/C=C\C/C=C\C/C=C\C/C=C\CCCCCCCCCC(=O)OCC(COC(=O)CCCCCCC/C=C\C/C=C\CCC)OC(=O)CCCCCCCCC/C=C\C/C=C\C/C=C\CC. The van der Waals surface area contributed by atoms with Crippen molar-refractivity contribution < 1.29 is 28.6 Å². The van der Waals surface area contributed by atoms with Crippen molar-refractivity contribution in [3.63, 3.8) is 0 Å². The van der Waals surface area contributed by atoms with Gasteiger partial charge in [-0.2, -0.15) is 0 Å². The van der Waals surface area contributed by atoms with Crippen LogP contribution in [-0.4, -0.2) is 37.2 Å². The average molecular weight is 1060 g/mol. The van der Waals surface area contributed by atoms with Crippen molar-refractivity contribution >= 4 is 17.9 Å². The fraction of sp³-hybridized carbons (Fsp3) is 0.620. The summed E-state index contributed by atoms with van der Waals surface area (Å²) in [4.78, 5) is 38.3. The van der Waals surface area contributed by atoms with E-state index in [9.17, 15) is 14.4 Å². The number of hydrogen-bond acceptors (Lipinski definition) is 6. The van der Waals surface area contributed by atoms with E-state index in [1.54, 1.807) is 0 Å². The summed E-state index contributed by atoms with van der Waals surface area (Å²) < 4.78 is 16.9. The van der Waals surface area contributed by atoms with Gasteiger partial charge in [0, 0.05) is 19.3 Å². The molecule has 0 bridgehead atoms. The molecule has 0 heterocycles. The number of esters is 3. The predicted molar refractivity (Wildman–Crippen MR) is 334 cm³/mol. The van der Waals surface area contributed by atoms with Gasteiger partial charge in [0.15, 0.2) is 6.10 Å². The topological polar surface area (TPSA) is 78.9 Å². The first-order valence-electron chi connectivity index (χ1n) is 31.3. The normalized spacial score (nSPS) is 13.1. The lowest BCUT2D eigenvalue weighted by Crippen LogP contribution is -2.30. The standard InChI is InChI=1S/C71H114O6/c1-4-7-10-13-16-19-22-25-27-29-30-31-32-33-34-35-36-37-38-39-40-42-43-46-49-52-55-58-61-64-70(73)76-67-68(66-75-69(72)63-60-57-54-51-48-45-24-21-18-15-12-9-6-3)77-71(74)65-62-59-56-53-50-47-44-41-28-26-23-20-17-14-11-8-5-2/h7-8,10-12,15-17,19-21,24-28,30-31,33-34,36-37,39-40,68H,4-6,9,13-14,18,22-23,29,32,35,38,41-67H2,1-3H3/b10-7-,11-8-,15-12-,19-16-,20-17-,24-21-,27-25-,28-26-,31-30-,34-33-,37-36-,40-39-. The van der Waals surface area contributed by atoms with Gasteiger partial charge < -0.3 is 14.2 Å². The van der Waals surface area contributed by atoms with Crippen LogP contribution in [0.1, 0.15) is 265 Å². The largest absolute Gasteiger partial charge is 0.462 e. The third-order valence-corrected chi connectivity index (χ3v) is 12.8. The van der Waals surface area contributed by atoms with Crippen molar-refractivity contribution in [2.24, 2.45) is 0 Å². The molecule has 0 aromatic carbocycles. The Bertz CT molecular complexity index is 1700. The average Bonchev–Trinajstić information content (AvgIpc) is 3.43. The molecule has 6 nitrogen and oxygen atoms in total. The van der Waals surface area contributed by atoms with Gasteiger partial charge in [0.05, 0.1) is 0 Å². The van der Waals surface area contributed by atoms with Gasteiger partial charge in [-0.05, 0) is 135 Å². The Labute approximate surface area is 474 Å². The van der Waals surface area contributed by atoms with E-state index in [1.807, 2.05) is 0 Å². The molecule has 6 heteroatoms. The van der Waals surface area contributed by atoms with Crippen LogP contribution in [0.4, 0.5) is 0 Å². The molecule has 1 unspecified atom stereocenters. The van der Waals surface area contributed by atoms with Crippen molar-refractivity contribution in [2.75, 3.05) is 13.2 Å². The Morgan fingerprint density at radius 2 is 0.506 bits per heavy atom. The molecule has 0 fully saturated rings. The summed E-state index contributed by atoms with van der Waals surface area (Å²) in [6.45, 7) is 6.32. The van der Waals surface area contributed by atoms with E-state index in [0.29, 0.717) is 19.3 Å². The van der Waals surface area contributed by atoms with Gasteiger partial charge >= 0.3 is 17.9 Å². The molecule has 0 saturated heterocycles. The van der Waals surface area contributed by atoms with Crippen LogP contribution in [0.3, 0.4) is 0 Å². The maximum Gasteiger partial charge on any atom is 0.306 e. The Balaban J connectivity index is 4.36. The molecule has 0 aliphatic carbocycles. The van der Waals surface area contributed by atoms with Gasteiger partial charge in [-0.3, -0.25) is 14.4 Å².